The van der Waals surface area contributed by atoms with E-state index in [-0.39, 0.29) is 6.04 Å². The predicted molar refractivity (Wildman–Crippen MR) is 105 cm³/mol. The van der Waals surface area contributed by atoms with Crippen molar-refractivity contribution in [1.82, 2.24) is 20.3 Å². The molecule has 1 aromatic carbocycles. The summed E-state index contributed by atoms with van der Waals surface area (Å²) in [6.45, 7) is 3.76. The Balaban J connectivity index is 1.62. The first-order valence-corrected chi connectivity index (χ1v) is 9.61. The average molecular weight is 382 g/mol. The lowest BCUT2D eigenvalue weighted by molar-refractivity contribution is 0.137. The molecule has 1 saturated heterocycles. The monoisotopic (exact) mass is 382 g/mol. The van der Waals surface area contributed by atoms with Gasteiger partial charge in [0.15, 0.2) is 5.76 Å². The van der Waals surface area contributed by atoms with E-state index in [1.807, 2.05) is 25.3 Å². The summed E-state index contributed by atoms with van der Waals surface area (Å²) in [7, 11) is 3.36. The zero-order valence-electron chi connectivity index (χ0n) is 16.6. The zero-order valence-corrected chi connectivity index (χ0v) is 16.6. The Morgan fingerprint density at radius 1 is 1.14 bits per heavy atom. The van der Waals surface area contributed by atoms with Gasteiger partial charge in [0.05, 0.1) is 43.4 Å². The Hall–Kier alpha value is -2.80. The van der Waals surface area contributed by atoms with Crippen LogP contribution in [0.15, 0.2) is 35.0 Å². The van der Waals surface area contributed by atoms with Crippen molar-refractivity contribution in [3.8, 4) is 22.8 Å². The lowest BCUT2D eigenvalue weighted by Crippen LogP contribution is -2.33. The average Bonchev–Trinajstić information content (AvgIpc) is 3.37. The first kappa shape index (κ1) is 18.6. The normalized spacial score (nSPS) is 17.6. The molecule has 1 aliphatic rings. The molecule has 3 heterocycles. The lowest BCUT2D eigenvalue weighted by atomic mass is 9.95. The van der Waals surface area contributed by atoms with Gasteiger partial charge in [0.2, 0.25) is 0 Å². The Labute approximate surface area is 164 Å². The van der Waals surface area contributed by atoms with E-state index in [9.17, 15) is 0 Å². The molecular weight excluding hydrogens is 356 g/mol. The Morgan fingerprint density at radius 2 is 1.93 bits per heavy atom. The molecule has 0 radical (unpaired) electrons. The van der Waals surface area contributed by atoms with Crippen molar-refractivity contribution in [1.29, 1.82) is 0 Å². The second-order valence-corrected chi connectivity index (χ2v) is 7.23. The maximum Gasteiger partial charge on any atom is 0.170 e. The number of piperidine rings is 1. The maximum atomic E-state index is 5.49. The van der Waals surface area contributed by atoms with Gasteiger partial charge in [0.1, 0.15) is 11.5 Å². The van der Waals surface area contributed by atoms with Gasteiger partial charge in [-0.25, -0.2) is 0 Å². The van der Waals surface area contributed by atoms with Crippen molar-refractivity contribution >= 4 is 0 Å². The summed E-state index contributed by atoms with van der Waals surface area (Å²) in [5, 5.41) is 11.5. The number of aryl methyl sites for hydroxylation is 1. The van der Waals surface area contributed by atoms with Gasteiger partial charge in [0.25, 0.3) is 0 Å². The molecule has 0 saturated carbocycles. The zero-order chi connectivity index (χ0) is 19.5. The number of ether oxygens (including phenoxy) is 2. The third kappa shape index (κ3) is 3.75. The maximum absolute atomic E-state index is 5.49. The summed E-state index contributed by atoms with van der Waals surface area (Å²) >= 11 is 0. The minimum Gasteiger partial charge on any atom is -0.497 e. The molecule has 7 heteroatoms. The molecule has 28 heavy (non-hydrogen) atoms. The van der Waals surface area contributed by atoms with Gasteiger partial charge < -0.3 is 14.0 Å². The van der Waals surface area contributed by atoms with Crippen LogP contribution in [0.5, 0.6) is 11.5 Å². The summed E-state index contributed by atoms with van der Waals surface area (Å²) in [4.78, 5) is 2.48. The number of aromatic nitrogens is 3. The van der Waals surface area contributed by atoms with E-state index in [1.165, 1.54) is 18.4 Å². The topological polar surface area (TPSA) is 76.4 Å². The lowest BCUT2D eigenvalue weighted by Gasteiger charge is -2.35. The van der Waals surface area contributed by atoms with Gasteiger partial charge >= 0.3 is 0 Å². The second-order valence-electron chi connectivity index (χ2n) is 7.23. The van der Waals surface area contributed by atoms with Gasteiger partial charge in [-0.2, -0.15) is 5.10 Å². The first-order valence-electron chi connectivity index (χ1n) is 9.61. The molecule has 0 amide bonds. The number of benzene rings is 1. The smallest absolute Gasteiger partial charge is 0.170 e. The number of hydrogen-bond donors (Lipinski definition) is 1. The number of nitrogens with one attached hydrogen (secondary N) is 1. The predicted octanol–water partition coefficient (Wildman–Crippen LogP) is 4.12. The SMILES string of the molecule is COc1cc(CN2CCCCC2c2[nH]ncc2-c2cc(C)no2)cc(OC)c1. The van der Waals surface area contributed by atoms with Crippen molar-refractivity contribution in [2.24, 2.45) is 0 Å². The summed E-state index contributed by atoms with van der Waals surface area (Å²) < 4.78 is 16.4. The Bertz CT molecular complexity index is 911. The molecule has 1 atom stereocenters. The number of rotatable bonds is 6. The van der Waals surface area contributed by atoms with E-state index < -0.39 is 0 Å². The minimum absolute atomic E-state index is 0.244. The van der Waals surface area contributed by atoms with E-state index in [1.54, 1.807) is 14.2 Å². The van der Waals surface area contributed by atoms with Crippen LogP contribution in [0.25, 0.3) is 11.3 Å². The van der Waals surface area contributed by atoms with Crippen LogP contribution in [0.1, 0.15) is 42.3 Å². The molecule has 0 bridgehead atoms. The molecule has 0 spiro atoms. The molecule has 2 aromatic heterocycles. The first-order chi connectivity index (χ1) is 13.7. The van der Waals surface area contributed by atoms with Crippen molar-refractivity contribution in [2.45, 2.75) is 38.8 Å². The van der Waals surface area contributed by atoms with Crippen molar-refractivity contribution in [2.75, 3.05) is 20.8 Å². The molecule has 1 aliphatic heterocycles. The highest BCUT2D eigenvalue weighted by Gasteiger charge is 2.29. The fourth-order valence-electron chi connectivity index (χ4n) is 3.94. The molecular formula is C21H26N4O3. The summed E-state index contributed by atoms with van der Waals surface area (Å²) in [5.41, 5.74) is 4.11. The molecule has 3 aromatic rings. The van der Waals surface area contributed by atoms with Crippen molar-refractivity contribution in [3.05, 3.63) is 47.4 Å². The van der Waals surface area contributed by atoms with Gasteiger partial charge in [0, 0.05) is 18.7 Å². The van der Waals surface area contributed by atoms with Crippen LogP contribution in [0.2, 0.25) is 0 Å². The molecule has 148 valence electrons. The second kappa shape index (κ2) is 8.06. The highest BCUT2D eigenvalue weighted by atomic mass is 16.5. The van der Waals surface area contributed by atoms with Crippen LogP contribution in [-0.2, 0) is 6.54 Å². The highest BCUT2D eigenvalue weighted by Crippen LogP contribution is 2.37. The van der Waals surface area contributed by atoms with Crippen LogP contribution in [0.4, 0.5) is 0 Å². The van der Waals surface area contributed by atoms with Gasteiger partial charge in [-0.3, -0.25) is 10.00 Å². The third-order valence-electron chi connectivity index (χ3n) is 5.31. The number of H-pyrrole nitrogens is 1. The van der Waals surface area contributed by atoms with Crippen LogP contribution in [0.3, 0.4) is 0 Å². The minimum atomic E-state index is 0.244. The fourth-order valence-corrected chi connectivity index (χ4v) is 3.94. The standard InChI is InChI=1S/C21H26N4O3/c1-14-8-20(28-24-14)18-12-22-23-21(18)19-6-4-5-7-25(19)13-15-9-16(26-2)11-17(10-15)27-3/h8-12,19H,4-7,13H2,1-3H3,(H,22,23). The van der Waals surface area contributed by atoms with Crippen LogP contribution < -0.4 is 9.47 Å². The van der Waals surface area contributed by atoms with E-state index in [2.05, 4.69) is 32.4 Å². The molecule has 1 fully saturated rings. The molecule has 1 N–H and O–H groups in total. The van der Waals surface area contributed by atoms with Gasteiger partial charge in [-0.05, 0) is 44.0 Å². The van der Waals surface area contributed by atoms with Gasteiger partial charge in [-0.1, -0.05) is 11.6 Å². The van der Waals surface area contributed by atoms with Crippen LogP contribution in [-0.4, -0.2) is 41.0 Å². The summed E-state index contributed by atoms with van der Waals surface area (Å²) in [6, 6.07) is 8.24. The summed E-state index contributed by atoms with van der Waals surface area (Å²) in [5.74, 6) is 2.37. The number of aromatic amines is 1. The van der Waals surface area contributed by atoms with Crippen molar-refractivity contribution in [3.63, 3.8) is 0 Å². The fraction of sp³-hybridized carbons (Fsp3) is 0.429. The number of hydrogen-bond acceptors (Lipinski definition) is 6. The van der Waals surface area contributed by atoms with Gasteiger partial charge in [-0.15, -0.1) is 0 Å². The van der Waals surface area contributed by atoms with E-state index >= 15 is 0 Å². The quantitative estimate of drug-likeness (QED) is 0.691. The number of likely N-dealkylation sites (tertiary alicyclic amines) is 1. The van der Waals surface area contributed by atoms with Crippen LogP contribution in [0, 0.1) is 6.92 Å². The van der Waals surface area contributed by atoms with Crippen LogP contribution >= 0.6 is 0 Å². The third-order valence-corrected chi connectivity index (χ3v) is 5.31. The van der Waals surface area contributed by atoms with Crippen molar-refractivity contribution < 1.29 is 14.0 Å². The number of methoxy groups -OCH3 is 2. The molecule has 0 aliphatic carbocycles. The highest BCUT2D eigenvalue weighted by molar-refractivity contribution is 5.60. The Morgan fingerprint density at radius 3 is 2.61 bits per heavy atom. The van der Waals surface area contributed by atoms with E-state index in [0.717, 1.165) is 53.7 Å². The molecule has 4 rings (SSSR count). The number of nitrogens with zero attached hydrogens (tertiary/aromatic N) is 3. The molecule has 7 nitrogen and oxygen atoms in total. The largest absolute Gasteiger partial charge is 0.497 e. The summed E-state index contributed by atoms with van der Waals surface area (Å²) in [6.07, 6.45) is 5.28. The van der Waals surface area contributed by atoms with E-state index in [4.69, 9.17) is 14.0 Å². The molecule has 1 unspecified atom stereocenters. The Kier molecular flexibility index (Phi) is 5.34. The van der Waals surface area contributed by atoms with E-state index in [0.29, 0.717) is 0 Å².